The number of rotatable bonds is 5. The van der Waals surface area contributed by atoms with Crippen LogP contribution < -0.4 is 11.1 Å². The van der Waals surface area contributed by atoms with E-state index in [1.54, 1.807) is 0 Å². The van der Waals surface area contributed by atoms with Crippen molar-refractivity contribution in [2.24, 2.45) is 17.1 Å². The zero-order valence-electron chi connectivity index (χ0n) is 11.6. The van der Waals surface area contributed by atoms with Crippen molar-refractivity contribution in [2.75, 3.05) is 13.2 Å². The molecule has 108 valence electrons. The SMILES string of the molecule is CCOC(=O)C1CCC(NC(=O)C2(CN)CC2)CC1. The highest BCUT2D eigenvalue weighted by Gasteiger charge is 2.49. The third kappa shape index (κ3) is 3.26. The summed E-state index contributed by atoms with van der Waals surface area (Å²) < 4.78 is 5.04. The summed E-state index contributed by atoms with van der Waals surface area (Å²) in [6.45, 7) is 2.71. The quantitative estimate of drug-likeness (QED) is 0.728. The number of nitrogens with two attached hydrogens (primary N) is 1. The van der Waals surface area contributed by atoms with Crippen LogP contribution in [0.3, 0.4) is 0 Å². The molecule has 2 saturated carbocycles. The lowest BCUT2D eigenvalue weighted by Crippen LogP contribution is -2.44. The van der Waals surface area contributed by atoms with Gasteiger partial charge in [-0.15, -0.1) is 0 Å². The van der Waals surface area contributed by atoms with Gasteiger partial charge in [-0.25, -0.2) is 0 Å². The van der Waals surface area contributed by atoms with Gasteiger partial charge in [-0.2, -0.15) is 0 Å². The fourth-order valence-electron chi connectivity index (χ4n) is 2.75. The molecule has 2 aliphatic rings. The summed E-state index contributed by atoms with van der Waals surface area (Å²) in [5.74, 6) is 0.0278. The summed E-state index contributed by atoms with van der Waals surface area (Å²) >= 11 is 0. The van der Waals surface area contributed by atoms with Crippen LogP contribution in [-0.4, -0.2) is 31.1 Å². The Balaban J connectivity index is 1.74. The normalized spacial score (nSPS) is 28.5. The summed E-state index contributed by atoms with van der Waals surface area (Å²) in [7, 11) is 0. The summed E-state index contributed by atoms with van der Waals surface area (Å²) in [4.78, 5) is 23.7. The van der Waals surface area contributed by atoms with Crippen LogP contribution in [-0.2, 0) is 14.3 Å². The van der Waals surface area contributed by atoms with Gasteiger partial charge in [0, 0.05) is 12.6 Å². The molecule has 19 heavy (non-hydrogen) atoms. The second-order valence-electron chi connectivity index (χ2n) is 5.76. The van der Waals surface area contributed by atoms with Crippen molar-refractivity contribution in [1.82, 2.24) is 5.32 Å². The van der Waals surface area contributed by atoms with Crippen LogP contribution >= 0.6 is 0 Å². The molecule has 0 aromatic carbocycles. The van der Waals surface area contributed by atoms with Crippen LogP contribution in [0.15, 0.2) is 0 Å². The van der Waals surface area contributed by atoms with Crippen molar-refractivity contribution in [3.8, 4) is 0 Å². The smallest absolute Gasteiger partial charge is 0.308 e. The number of amides is 1. The minimum absolute atomic E-state index is 0.0116. The highest BCUT2D eigenvalue weighted by molar-refractivity contribution is 5.85. The minimum Gasteiger partial charge on any atom is -0.466 e. The molecular weight excluding hydrogens is 244 g/mol. The number of nitrogens with one attached hydrogen (secondary N) is 1. The largest absolute Gasteiger partial charge is 0.466 e. The van der Waals surface area contributed by atoms with Crippen LogP contribution in [0.1, 0.15) is 45.4 Å². The summed E-state index contributed by atoms with van der Waals surface area (Å²) in [6, 6.07) is 0.196. The van der Waals surface area contributed by atoms with Gasteiger partial charge in [0.1, 0.15) is 0 Å². The predicted molar refractivity (Wildman–Crippen MR) is 71.2 cm³/mol. The van der Waals surface area contributed by atoms with E-state index in [1.165, 1.54) is 0 Å². The van der Waals surface area contributed by atoms with Crippen LogP contribution in [0.4, 0.5) is 0 Å². The molecule has 0 aromatic rings. The lowest BCUT2D eigenvalue weighted by molar-refractivity contribution is -0.149. The second-order valence-corrected chi connectivity index (χ2v) is 5.76. The number of carbonyl (C=O) groups excluding carboxylic acids is 2. The van der Waals surface area contributed by atoms with E-state index in [4.69, 9.17) is 10.5 Å². The molecule has 0 radical (unpaired) electrons. The maximum absolute atomic E-state index is 12.1. The number of hydrogen-bond donors (Lipinski definition) is 2. The molecule has 5 nitrogen and oxygen atoms in total. The van der Waals surface area contributed by atoms with Crippen molar-refractivity contribution >= 4 is 11.9 Å². The van der Waals surface area contributed by atoms with Crippen molar-refractivity contribution in [3.05, 3.63) is 0 Å². The van der Waals surface area contributed by atoms with Gasteiger partial charge in [-0.05, 0) is 45.4 Å². The lowest BCUT2D eigenvalue weighted by Gasteiger charge is -2.29. The van der Waals surface area contributed by atoms with Crippen LogP contribution in [0, 0.1) is 11.3 Å². The molecule has 1 amide bonds. The molecule has 0 bridgehead atoms. The van der Waals surface area contributed by atoms with Gasteiger partial charge in [0.05, 0.1) is 17.9 Å². The number of hydrogen-bond acceptors (Lipinski definition) is 4. The standard InChI is InChI=1S/C14H24N2O3/c1-2-19-12(17)10-3-5-11(6-4-10)16-13(18)14(9-15)7-8-14/h10-11H,2-9,15H2,1H3,(H,16,18). The third-order valence-corrected chi connectivity index (χ3v) is 4.41. The predicted octanol–water partition coefficient (Wildman–Crippen LogP) is 0.963. The molecule has 0 saturated heterocycles. The Bertz CT molecular complexity index is 345. The van der Waals surface area contributed by atoms with Crippen molar-refractivity contribution in [2.45, 2.75) is 51.5 Å². The molecule has 0 unspecified atom stereocenters. The average Bonchev–Trinajstić information content (AvgIpc) is 3.21. The Morgan fingerprint density at radius 2 is 1.89 bits per heavy atom. The van der Waals surface area contributed by atoms with Gasteiger partial charge in [0.2, 0.25) is 5.91 Å². The lowest BCUT2D eigenvalue weighted by atomic mass is 9.85. The highest BCUT2D eigenvalue weighted by Crippen LogP contribution is 2.45. The molecule has 0 atom stereocenters. The van der Waals surface area contributed by atoms with E-state index in [0.29, 0.717) is 13.2 Å². The Hall–Kier alpha value is -1.10. The van der Waals surface area contributed by atoms with E-state index in [1.807, 2.05) is 6.92 Å². The van der Waals surface area contributed by atoms with Crippen LogP contribution in [0.25, 0.3) is 0 Å². The van der Waals surface area contributed by atoms with E-state index in [-0.39, 0.29) is 29.3 Å². The Labute approximate surface area is 114 Å². The number of esters is 1. The Kier molecular flexibility index (Phi) is 4.45. The van der Waals surface area contributed by atoms with E-state index in [9.17, 15) is 9.59 Å². The molecule has 2 rings (SSSR count). The minimum atomic E-state index is -0.280. The highest BCUT2D eigenvalue weighted by atomic mass is 16.5. The van der Waals surface area contributed by atoms with Gasteiger partial charge in [-0.3, -0.25) is 9.59 Å². The molecule has 3 N–H and O–H groups in total. The van der Waals surface area contributed by atoms with E-state index >= 15 is 0 Å². The van der Waals surface area contributed by atoms with Crippen LogP contribution in [0.5, 0.6) is 0 Å². The first-order valence-corrected chi connectivity index (χ1v) is 7.29. The molecule has 5 heteroatoms. The molecule has 0 aliphatic heterocycles. The maximum Gasteiger partial charge on any atom is 0.308 e. The van der Waals surface area contributed by atoms with Gasteiger partial charge < -0.3 is 15.8 Å². The summed E-state index contributed by atoms with van der Waals surface area (Å²) in [6.07, 6.45) is 5.14. The monoisotopic (exact) mass is 268 g/mol. The maximum atomic E-state index is 12.1. The zero-order valence-corrected chi connectivity index (χ0v) is 11.6. The fraction of sp³-hybridized carbons (Fsp3) is 0.857. The summed E-state index contributed by atoms with van der Waals surface area (Å²) in [5, 5.41) is 3.09. The van der Waals surface area contributed by atoms with Crippen molar-refractivity contribution in [3.63, 3.8) is 0 Å². The Morgan fingerprint density at radius 3 is 2.37 bits per heavy atom. The molecular formula is C14H24N2O3. The van der Waals surface area contributed by atoms with E-state index in [0.717, 1.165) is 38.5 Å². The number of carbonyl (C=O) groups is 2. The third-order valence-electron chi connectivity index (χ3n) is 4.41. The van der Waals surface area contributed by atoms with Crippen molar-refractivity contribution in [1.29, 1.82) is 0 Å². The molecule has 2 fully saturated rings. The molecule has 2 aliphatic carbocycles. The first kappa shape index (κ1) is 14.3. The Morgan fingerprint density at radius 1 is 1.26 bits per heavy atom. The summed E-state index contributed by atoms with van der Waals surface area (Å²) in [5.41, 5.74) is 5.37. The van der Waals surface area contributed by atoms with Crippen molar-refractivity contribution < 1.29 is 14.3 Å². The first-order valence-electron chi connectivity index (χ1n) is 7.29. The second kappa shape index (κ2) is 5.90. The van der Waals surface area contributed by atoms with Gasteiger partial charge in [0.15, 0.2) is 0 Å². The topological polar surface area (TPSA) is 81.4 Å². The van der Waals surface area contributed by atoms with Crippen LogP contribution in [0.2, 0.25) is 0 Å². The first-order chi connectivity index (χ1) is 9.11. The molecule has 0 aromatic heterocycles. The van der Waals surface area contributed by atoms with Gasteiger partial charge in [-0.1, -0.05) is 0 Å². The zero-order chi connectivity index (χ0) is 13.9. The average molecular weight is 268 g/mol. The molecule has 0 heterocycles. The van der Waals surface area contributed by atoms with E-state index in [2.05, 4.69) is 5.32 Å². The van der Waals surface area contributed by atoms with Gasteiger partial charge in [0.25, 0.3) is 0 Å². The van der Waals surface area contributed by atoms with E-state index < -0.39 is 0 Å². The number of ether oxygens (including phenoxy) is 1. The van der Waals surface area contributed by atoms with Gasteiger partial charge >= 0.3 is 5.97 Å². The molecule has 0 spiro atoms. The fourth-order valence-corrected chi connectivity index (χ4v) is 2.75.